The number of para-hydroxylation sites is 14. The van der Waals surface area contributed by atoms with Gasteiger partial charge in [-0.2, -0.15) is 0 Å². The summed E-state index contributed by atoms with van der Waals surface area (Å²) < 4.78 is 28.8. The number of nitrogens with zero attached hydrogens (tertiary/aromatic N) is 6. The minimum atomic E-state index is -0.604. The highest BCUT2D eigenvalue weighted by Crippen LogP contribution is 2.67. The Morgan fingerprint density at radius 1 is 0.177 bits per heavy atom. The van der Waals surface area contributed by atoms with E-state index in [0.29, 0.717) is 0 Å². The quantitative estimate of drug-likeness (QED) is 0.177. The number of hydrogen-bond acceptors (Lipinski definition) is 3. The molecule has 0 fully saturated rings. The molecule has 660 valence electrons. The maximum atomic E-state index is 7.16. The number of fused-ring (bicyclic) bond motifs is 43. The van der Waals surface area contributed by atoms with Crippen molar-refractivity contribution >= 4 is 143 Å². The first-order valence-corrected chi connectivity index (χ1v) is 49.7. The summed E-state index contributed by atoms with van der Waals surface area (Å²) in [5, 5.41) is 15.1. The third-order valence-corrected chi connectivity index (χ3v) is 33.0. The second kappa shape index (κ2) is 29.0. The fourth-order valence-electron chi connectivity index (χ4n) is 26.3. The molecule has 8 nitrogen and oxygen atoms in total. The average Bonchev–Trinajstić information content (AvgIpc) is 1.60. The van der Waals surface area contributed by atoms with Crippen LogP contribution in [0.15, 0.2) is 465 Å². The summed E-state index contributed by atoms with van der Waals surface area (Å²) in [4.78, 5) is 2.62. The van der Waals surface area contributed by atoms with Gasteiger partial charge in [0, 0.05) is 120 Å². The molecule has 6 aromatic heterocycles. The smallest absolute Gasteiger partial charge is 0.156 e. The summed E-state index contributed by atoms with van der Waals surface area (Å²) >= 11 is 1.91. The van der Waals surface area contributed by atoms with Gasteiger partial charge in [0.2, 0.25) is 0 Å². The van der Waals surface area contributed by atoms with Gasteiger partial charge < -0.3 is 36.9 Å². The van der Waals surface area contributed by atoms with Crippen molar-refractivity contribution in [3.05, 3.63) is 538 Å². The number of benzene rings is 21. The number of rotatable bonds is 3. The fourth-order valence-corrected chi connectivity index (χ4v) is 27.5. The molecule has 6 aliphatic heterocycles. The summed E-state index contributed by atoms with van der Waals surface area (Å²) in [5.74, 6) is 3.59. The van der Waals surface area contributed by atoms with Gasteiger partial charge in [0.15, 0.2) is 5.75 Å². The van der Waals surface area contributed by atoms with Crippen molar-refractivity contribution in [2.75, 3.05) is 0 Å². The van der Waals surface area contributed by atoms with Gasteiger partial charge in [-0.15, -0.1) is 0 Å². The van der Waals surface area contributed by atoms with Crippen LogP contribution in [-0.2, 0) is 16.2 Å². The molecule has 9 heteroatoms. The minimum absolute atomic E-state index is 0.487. The summed E-state index contributed by atoms with van der Waals surface area (Å²) in [6, 6.07) is 168. The van der Waals surface area contributed by atoms with E-state index in [2.05, 4.69) is 503 Å². The number of aromatic nitrogens is 6. The Hall–Kier alpha value is -17.6. The molecule has 0 N–H and O–H groups in total. The van der Waals surface area contributed by atoms with Crippen molar-refractivity contribution in [2.24, 2.45) is 0 Å². The Bertz CT molecular complexity index is 9790. The highest BCUT2D eigenvalue weighted by Gasteiger charge is 2.55. The van der Waals surface area contributed by atoms with Crippen LogP contribution in [0, 0.1) is 20.8 Å². The van der Waals surface area contributed by atoms with Crippen LogP contribution in [0.2, 0.25) is 0 Å². The maximum Gasteiger partial charge on any atom is 0.156 e. The van der Waals surface area contributed by atoms with Crippen molar-refractivity contribution in [2.45, 2.75) is 46.8 Å². The minimum Gasteiger partial charge on any atom is -0.457 e. The van der Waals surface area contributed by atoms with E-state index in [9.17, 15) is 0 Å². The largest absolute Gasteiger partial charge is 0.457 e. The summed E-state index contributed by atoms with van der Waals surface area (Å²) in [6.07, 6.45) is 0. The third-order valence-electron chi connectivity index (χ3n) is 31.9. The van der Waals surface area contributed by atoms with Gasteiger partial charge in [-0.1, -0.05) is 350 Å². The van der Waals surface area contributed by atoms with E-state index in [1.807, 2.05) is 11.8 Å². The molecule has 6 aliphatic rings. The molecule has 0 aliphatic carbocycles. The molecule has 0 saturated heterocycles. The first-order chi connectivity index (χ1) is 69.7. The summed E-state index contributed by atoms with van der Waals surface area (Å²) in [6.45, 7) is 6.43. The number of hydrogen-bond donors (Lipinski definition) is 0. The Morgan fingerprint density at radius 2 is 0.489 bits per heavy atom. The monoisotopic (exact) mass is 1820 g/mol. The maximum absolute atomic E-state index is 7.16. The molecule has 27 aromatic rings. The van der Waals surface area contributed by atoms with Crippen LogP contribution in [0.3, 0.4) is 0 Å². The van der Waals surface area contributed by atoms with E-state index in [1.54, 1.807) is 0 Å². The van der Waals surface area contributed by atoms with Crippen LogP contribution in [0.5, 0.6) is 23.0 Å². The topological polar surface area (TPSA) is 48.0 Å². The van der Waals surface area contributed by atoms with E-state index in [0.717, 1.165) is 51.0 Å². The van der Waals surface area contributed by atoms with Crippen LogP contribution in [-0.4, -0.2) is 27.4 Å². The molecule has 0 radical (unpaired) electrons. The lowest BCUT2D eigenvalue weighted by Crippen LogP contribution is -2.37. The zero-order chi connectivity index (χ0) is 92.6. The number of aryl methyl sites for hydroxylation is 3. The lowest BCUT2D eigenvalue weighted by Gasteiger charge is -2.45. The molecule has 141 heavy (non-hydrogen) atoms. The molecular formula is C132H84N6O2S. The summed E-state index contributed by atoms with van der Waals surface area (Å²) in [5.41, 5.74) is 39.0. The van der Waals surface area contributed by atoms with Crippen molar-refractivity contribution in [1.82, 2.24) is 27.4 Å². The van der Waals surface area contributed by atoms with E-state index < -0.39 is 16.2 Å². The lowest BCUT2D eigenvalue weighted by molar-refractivity contribution is 0.434. The number of ether oxygens (including phenoxy) is 2. The van der Waals surface area contributed by atoms with Crippen LogP contribution >= 0.6 is 11.8 Å². The molecule has 33 rings (SSSR count). The first kappa shape index (κ1) is 78.5. The van der Waals surface area contributed by atoms with Crippen LogP contribution in [0.1, 0.15) is 83.5 Å². The molecule has 12 heterocycles. The first-order valence-electron chi connectivity index (χ1n) is 48.8. The Balaban J connectivity index is 0.0000000972. The van der Waals surface area contributed by atoms with Gasteiger partial charge in [-0.3, -0.25) is 0 Å². The SMILES string of the molecule is Cc1ccc(-n2c3ccccc3c3cc4c(cc32)Oc2ccccc2C42c3ccccc3-n3c4ccccc4c4cccc2c43)cc1.Cc1ccc(-n2c3ccccc3c3cc4c(cc32)Sc2ccccc2C42c3ccccc3-n3c4ccccc4c4cccc2c43)cc1.Cc1ccc(-n2c3ccccc3c3ccc4c(c32)Oc2ccccc2C42c3ccccc3-n3c4ccccc4c4cccc2c43)cc1. The predicted octanol–water partition coefficient (Wildman–Crippen LogP) is 33.3. The van der Waals surface area contributed by atoms with Crippen molar-refractivity contribution in [3.8, 4) is 57.1 Å². The van der Waals surface area contributed by atoms with Crippen molar-refractivity contribution in [1.29, 1.82) is 0 Å². The average molecular weight is 1820 g/mol. The molecule has 0 bridgehead atoms. The van der Waals surface area contributed by atoms with Gasteiger partial charge in [0.05, 0.1) is 99.5 Å². The second-order valence-electron chi connectivity index (χ2n) is 38.9. The Morgan fingerprint density at radius 3 is 0.936 bits per heavy atom. The zero-order valence-electron chi connectivity index (χ0n) is 77.2. The van der Waals surface area contributed by atoms with E-state index in [4.69, 9.17) is 9.47 Å². The standard InChI is InChI=1S/2C44H28N2O.C44H28N2S/c1-27-21-23-28(24-22-27)45-37-17-6-3-12-30(37)32-25-36-42(26-40(32)45)47-41-20-9-5-15-34(41)44(36)33-14-4-8-19-39(33)46-38-18-7-2-11-29(38)31-13-10-16-35(44)43(31)46;1-27-21-23-28(24-22-27)45-37-17-6-2-12-30(37)32-25-26-36-43(42(32)45)47-40-20-9-5-15-34(40)44(36)33-14-4-8-19-39(33)46-38-18-7-3-11-29(38)31-13-10-16-35(44)41(31)46;1-27-21-23-28(24-22-27)45-37-17-6-3-12-30(37)32-25-36-42(26-40(32)45)47-41-20-9-5-15-34(41)44(36)33-14-4-8-19-39(33)46-38-18-7-2-11-29(38)31-13-10-16-35(44)43(31)46/h3*2-26H,1H3. The van der Waals surface area contributed by atoms with Gasteiger partial charge in [-0.05, 0) is 193 Å². The van der Waals surface area contributed by atoms with Crippen LogP contribution in [0.25, 0.3) is 165 Å². The second-order valence-corrected chi connectivity index (χ2v) is 40.0. The van der Waals surface area contributed by atoms with E-state index in [1.165, 1.54) is 230 Å². The van der Waals surface area contributed by atoms with Gasteiger partial charge >= 0.3 is 0 Å². The highest BCUT2D eigenvalue weighted by molar-refractivity contribution is 7.99. The van der Waals surface area contributed by atoms with Gasteiger partial charge in [0.25, 0.3) is 0 Å². The fraction of sp³-hybridized carbons (Fsp3) is 0.0455. The lowest BCUT2D eigenvalue weighted by atomic mass is 9.61. The van der Waals surface area contributed by atoms with Crippen LogP contribution in [0.4, 0.5) is 0 Å². The summed E-state index contributed by atoms with van der Waals surface area (Å²) in [7, 11) is 0. The Labute approximate surface area is 815 Å². The van der Waals surface area contributed by atoms with E-state index in [-0.39, 0.29) is 0 Å². The Kier molecular flexibility index (Phi) is 16.1. The molecule has 3 atom stereocenters. The third kappa shape index (κ3) is 10.3. The van der Waals surface area contributed by atoms with Crippen molar-refractivity contribution in [3.63, 3.8) is 0 Å². The highest BCUT2D eigenvalue weighted by atomic mass is 32.2. The predicted molar refractivity (Wildman–Crippen MR) is 579 cm³/mol. The van der Waals surface area contributed by atoms with Crippen LogP contribution < -0.4 is 9.47 Å². The van der Waals surface area contributed by atoms with Gasteiger partial charge in [-0.25, -0.2) is 0 Å². The zero-order valence-corrected chi connectivity index (χ0v) is 78.0. The molecule has 3 spiro atoms. The van der Waals surface area contributed by atoms with Gasteiger partial charge in [0.1, 0.15) is 17.2 Å². The molecule has 0 amide bonds. The normalized spacial score (nSPS) is 16.1. The van der Waals surface area contributed by atoms with E-state index >= 15 is 0 Å². The molecular weight excluding hydrogens is 1730 g/mol. The molecule has 3 unspecified atom stereocenters. The molecule has 21 aromatic carbocycles. The molecule has 0 saturated carbocycles. The van der Waals surface area contributed by atoms with Crippen molar-refractivity contribution < 1.29 is 9.47 Å².